The number of nitrogens with zero attached hydrogens (tertiary/aromatic N) is 3. The van der Waals surface area contributed by atoms with Crippen LogP contribution in [0.2, 0.25) is 0 Å². The minimum absolute atomic E-state index is 0.00986. The lowest BCUT2D eigenvalue weighted by molar-refractivity contribution is 0.545. The molecule has 0 atom stereocenters. The summed E-state index contributed by atoms with van der Waals surface area (Å²) in [6.07, 6.45) is 0. The Bertz CT molecular complexity index is 542. The Morgan fingerprint density at radius 2 is 1.71 bits per heavy atom. The molecule has 2 rings (SSSR count). The number of anilines is 1. The van der Waals surface area contributed by atoms with Crippen molar-refractivity contribution < 1.29 is 13.2 Å². The van der Waals surface area contributed by atoms with Crippen LogP contribution in [0, 0.1) is 17.5 Å². The predicted molar refractivity (Wildman–Crippen MR) is 55.9 cm³/mol. The van der Waals surface area contributed by atoms with Gasteiger partial charge in [-0.1, -0.05) is 0 Å². The molecule has 0 spiro atoms. The molecular formula is C10H9F3N4. The van der Waals surface area contributed by atoms with E-state index < -0.39 is 23.0 Å². The first-order chi connectivity index (χ1) is 8.04. The molecule has 1 aromatic carbocycles. The van der Waals surface area contributed by atoms with Crippen molar-refractivity contribution in [3.05, 3.63) is 29.6 Å². The van der Waals surface area contributed by atoms with Gasteiger partial charge in [0, 0.05) is 26.2 Å². The van der Waals surface area contributed by atoms with Crippen LogP contribution in [-0.2, 0) is 7.05 Å². The van der Waals surface area contributed by atoms with Crippen LogP contribution in [0.3, 0.4) is 0 Å². The van der Waals surface area contributed by atoms with Crippen LogP contribution >= 0.6 is 0 Å². The third-order valence-corrected chi connectivity index (χ3v) is 2.33. The van der Waals surface area contributed by atoms with Crippen LogP contribution in [0.15, 0.2) is 12.1 Å². The molecule has 17 heavy (non-hydrogen) atoms. The zero-order valence-corrected chi connectivity index (χ0v) is 9.13. The third kappa shape index (κ3) is 1.83. The van der Waals surface area contributed by atoms with Crippen LogP contribution < -0.4 is 5.32 Å². The second-order valence-electron chi connectivity index (χ2n) is 3.40. The molecule has 0 fully saturated rings. The van der Waals surface area contributed by atoms with Gasteiger partial charge in [-0.15, -0.1) is 10.2 Å². The molecule has 0 amide bonds. The highest BCUT2D eigenvalue weighted by molar-refractivity contribution is 5.59. The number of hydrogen-bond donors (Lipinski definition) is 1. The second-order valence-corrected chi connectivity index (χ2v) is 3.40. The summed E-state index contributed by atoms with van der Waals surface area (Å²) in [6.45, 7) is 0. The highest BCUT2D eigenvalue weighted by Crippen LogP contribution is 2.26. The van der Waals surface area contributed by atoms with Crippen LogP contribution in [0.5, 0.6) is 0 Å². The Hall–Kier alpha value is -2.05. The lowest BCUT2D eigenvalue weighted by Gasteiger charge is -2.05. The minimum Gasteiger partial charge on any atom is -0.357 e. The summed E-state index contributed by atoms with van der Waals surface area (Å²) in [4.78, 5) is 0. The molecule has 0 aliphatic heterocycles. The Labute approximate surface area is 95.1 Å². The van der Waals surface area contributed by atoms with Gasteiger partial charge in [-0.25, -0.2) is 13.2 Å². The van der Waals surface area contributed by atoms with Crippen molar-refractivity contribution in [2.24, 2.45) is 7.05 Å². The molecule has 90 valence electrons. The molecule has 1 N–H and O–H groups in total. The summed E-state index contributed by atoms with van der Waals surface area (Å²) in [6, 6.07) is 1.21. The van der Waals surface area contributed by atoms with Crippen molar-refractivity contribution >= 4 is 5.95 Å². The summed E-state index contributed by atoms with van der Waals surface area (Å²) < 4.78 is 41.2. The zero-order valence-electron chi connectivity index (χ0n) is 9.13. The number of aromatic nitrogens is 3. The van der Waals surface area contributed by atoms with Crippen molar-refractivity contribution in [3.8, 4) is 11.4 Å². The molecule has 0 radical (unpaired) electrons. The van der Waals surface area contributed by atoms with Gasteiger partial charge in [0.1, 0.15) is 17.5 Å². The van der Waals surface area contributed by atoms with Gasteiger partial charge in [0.2, 0.25) is 5.95 Å². The first kappa shape index (κ1) is 11.4. The van der Waals surface area contributed by atoms with E-state index in [1.807, 2.05) is 0 Å². The molecule has 0 saturated carbocycles. The van der Waals surface area contributed by atoms with E-state index in [-0.39, 0.29) is 5.82 Å². The smallest absolute Gasteiger partial charge is 0.224 e. The molecule has 7 heteroatoms. The first-order valence-electron chi connectivity index (χ1n) is 4.76. The third-order valence-electron chi connectivity index (χ3n) is 2.33. The lowest BCUT2D eigenvalue weighted by Crippen LogP contribution is -2.02. The largest absolute Gasteiger partial charge is 0.357 e. The average Bonchev–Trinajstić information content (AvgIpc) is 2.59. The van der Waals surface area contributed by atoms with Crippen LogP contribution in [0.25, 0.3) is 11.4 Å². The average molecular weight is 242 g/mol. The summed E-state index contributed by atoms with van der Waals surface area (Å²) in [7, 11) is 3.15. The number of halogens is 3. The molecule has 0 bridgehead atoms. The first-order valence-corrected chi connectivity index (χ1v) is 4.76. The van der Waals surface area contributed by atoms with Gasteiger partial charge in [-0.2, -0.15) is 0 Å². The van der Waals surface area contributed by atoms with Gasteiger partial charge >= 0.3 is 0 Å². The van der Waals surface area contributed by atoms with Crippen LogP contribution in [0.4, 0.5) is 19.1 Å². The van der Waals surface area contributed by atoms with Gasteiger partial charge in [0.15, 0.2) is 5.82 Å². The highest BCUT2D eigenvalue weighted by Gasteiger charge is 2.19. The lowest BCUT2D eigenvalue weighted by atomic mass is 10.2. The second kappa shape index (κ2) is 4.08. The Morgan fingerprint density at radius 1 is 1.12 bits per heavy atom. The quantitative estimate of drug-likeness (QED) is 0.875. The highest BCUT2D eigenvalue weighted by atomic mass is 19.1. The monoisotopic (exact) mass is 242 g/mol. The van der Waals surface area contributed by atoms with Crippen molar-refractivity contribution in [2.45, 2.75) is 0 Å². The molecular weight excluding hydrogens is 233 g/mol. The molecule has 2 aromatic rings. The Balaban J connectivity index is 2.64. The molecule has 1 heterocycles. The fourth-order valence-corrected chi connectivity index (χ4v) is 1.52. The van der Waals surface area contributed by atoms with Gasteiger partial charge in [-0.3, -0.25) is 4.57 Å². The minimum atomic E-state index is -1.01. The fraction of sp³-hybridized carbons (Fsp3) is 0.200. The van der Waals surface area contributed by atoms with Gasteiger partial charge in [0.05, 0.1) is 5.56 Å². The van der Waals surface area contributed by atoms with Gasteiger partial charge in [-0.05, 0) is 0 Å². The zero-order chi connectivity index (χ0) is 12.6. The maximum absolute atomic E-state index is 13.5. The summed E-state index contributed by atoms with van der Waals surface area (Å²) in [5.41, 5.74) is -0.400. The normalized spacial score (nSPS) is 10.6. The molecule has 0 saturated heterocycles. The van der Waals surface area contributed by atoms with Crippen molar-refractivity contribution in [3.63, 3.8) is 0 Å². The predicted octanol–water partition coefficient (Wildman–Crippen LogP) is 1.94. The summed E-state index contributed by atoms with van der Waals surface area (Å²) >= 11 is 0. The van der Waals surface area contributed by atoms with Crippen molar-refractivity contribution in [1.82, 2.24) is 14.8 Å². The van der Waals surface area contributed by atoms with E-state index in [0.29, 0.717) is 18.1 Å². The van der Waals surface area contributed by atoms with Crippen molar-refractivity contribution in [2.75, 3.05) is 12.4 Å². The maximum Gasteiger partial charge on any atom is 0.224 e. The van der Waals surface area contributed by atoms with Crippen LogP contribution in [0.1, 0.15) is 0 Å². The van der Waals surface area contributed by atoms with Gasteiger partial charge < -0.3 is 5.32 Å². The van der Waals surface area contributed by atoms with E-state index in [1.54, 1.807) is 14.1 Å². The Morgan fingerprint density at radius 3 is 2.18 bits per heavy atom. The molecule has 0 unspecified atom stereocenters. The van der Waals surface area contributed by atoms with Crippen molar-refractivity contribution in [1.29, 1.82) is 0 Å². The number of benzene rings is 1. The molecule has 1 aromatic heterocycles. The topological polar surface area (TPSA) is 42.7 Å². The van der Waals surface area contributed by atoms with E-state index in [4.69, 9.17) is 0 Å². The van der Waals surface area contributed by atoms with Crippen LogP contribution in [-0.4, -0.2) is 21.8 Å². The maximum atomic E-state index is 13.5. The fourth-order valence-electron chi connectivity index (χ4n) is 1.52. The number of rotatable bonds is 2. The van der Waals surface area contributed by atoms with E-state index >= 15 is 0 Å². The molecule has 4 nitrogen and oxygen atoms in total. The van der Waals surface area contributed by atoms with E-state index in [9.17, 15) is 13.2 Å². The van der Waals surface area contributed by atoms with E-state index in [1.165, 1.54) is 4.57 Å². The van der Waals surface area contributed by atoms with E-state index in [2.05, 4.69) is 15.5 Å². The number of nitrogens with one attached hydrogen (secondary N) is 1. The SMILES string of the molecule is CNc1nnc(-c2c(F)cc(F)cc2F)n1C. The Kier molecular flexibility index (Phi) is 2.74. The number of hydrogen-bond acceptors (Lipinski definition) is 3. The van der Waals surface area contributed by atoms with E-state index in [0.717, 1.165) is 0 Å². The standard InChI is InChI=1S/C10H9F3N4/c1-14-10-16-15-9(17(10)2)8-6(12)3-5(11)4-7(8)13/h3-4H,1-2H3,(H,14,16). The van der Waals surface area contributed by atoms with Gasteiger partial charge in [0.25, 0.3) is 0 Å². The summed E-state index contributed by atoms with van der Waals surface area (Å²) in [5.74, 6) is -2.66. The molecule has 0 aliphatic rings. The summed E-state index contributed by atoms with van der Waals surface area (Å²) in [5, 5.41) is 10.1. The molecule has 0 aliphatic carbocycles.